The van der Waals surface area contributed by atoms with Gasteiger partial charge in [0, 0.05) is 30.4 Å². The molecule has 0 atom stereocenters. The lowest BCUT2D eigenvalue weighted by molar-refractivity contribution is -0.141. The zero-order valence-electron chi connectivity index (χ0n) is 15.4. The Bertz CT molecular complexity index is 1190. The van der Waals surface area contributed by atoms with Crippen molar-refractivity contribution in [1.82, 2.24) is 29.4 Å². The molecule has 0 saturated carbocycles. The molecule has 0 aliphatic heterocycles. The first-order valence-corrected chi connectivity index (χ1v) is 8.53. The van der Waals surface area contributed by atoms with E-state index in [0.29, 0.717) is 24.0 Å². The molecule has 0 spiro atoms. The van der Waals surface area contributed by atoms with E-state index in [2.05, 4.69) is 25.5 Å². The van der Waals surface area contributed by atoms with Crippen molar-refractivity contribution in [2.75, 3.05) is 5.32 Å². The Balaban J connectivity index is 1.65. The molecule has 3 heterocycles. The van der Waals surface area contributed by atoms with Crippen molar-refractivity contribution >= 4 is 11.5 Å². The van der Waals surface area contributed by atoms with Crippen molar-refractivity contribution < 1.29 is 17.6 Å². The van der Waals surface area contributed by atoms with E-state index in [1.807, 2.05) is 14.0 Å². The number of hydrogen-bond donors (Lipinski definition) is 1. The zero-order valence-corrected chi connectivity index (χ0v) is 15.4. The number of rotatable bonds is 4. The summed E-state index contributed by atoms with van der Waals surface area (Å²) in [6, 6.07) is 4.31. The Morgan fingerprint density at radius 2 is 1.90 bits per heavy atom. The Morgan fingerprint density at radius 3 is 2.59 bits per heavy atom. The van der Waals surface area contributed by atoms with Gasteiger partial charge in [-0.1, -0.05) is 0 Å². The van der Waals surface area contributed by atoms with Crippen LogP contribution in [0.15, 0.2) is 36.8 Å². The maximum atomic E-state index is 14.3. The number of alkyl halides is 3. The molecular weight excluding hydrogens is 390 g/mol. The molecule has 0 unspecified atom stereocenters. The normalized spacial score (nSPS) is 11.9. The van der Waals surface area contributed by atoms with E-state index in [9.17, 15) is 17.6 Å². The summed E-state index contributed by atoms with van der Waals surface area (Å²) in [5, 5.41) is 11.0. The summed E-state index contributed by atoms with van der Waals surface area (Å²) in [5.74, 6) is -0.658. The van der Waals surface area contributed by atoms with Gasteiger partial charge in [-0.15, -0.1) is 0 Å². The Morgan fingerprint density at radius 1 is 1.10 bits per heavy atom. The predicted molar refractivity (Wildman–Crippen MR) is 96.4 cm³/mol. The van der Waals surface area contributed by atoms with Gasteiger partial charge in [0.25, 0.3) is 5.78 Å². The monoisotopic (exact) mass is 405 g/mol. The first-order valence-electron chi connectivity index (χ1n) is 8.53. The van der Waals surface area contributed by atoms with Crippen LogP contribution in [0, 0.1) is 12.7 Å². The molecule has 0 fully saturated rings. The van der Waals surface area contributed by atoms with Crippen LogP contribution in [0.4, 0.5) is 23.2 Å². The summed E-state index contributed by atoms with van der Waals surface area (Å²) in [7, 11) is 1.82. The minimum atomic E-state index is -4.61. The second kappa shape index (κ2) is 6.83. The molecule has 1 N–H and O–H groups in total. The third-order valence-corrected chi connectivity index (χ3v) is 4.59. The SMILES string of the molecule is Cc1c(CNc2cc(-c3cnc4nc(C(F)(F)F)cnn34)ccc2F)cnn1C. The largest absolute Gasteiger partial charge is 0.435 e. The second-order valence-corrected chi connectivity index (χ2v) is 6.42. The predicted octanol–water partition coefficient (Wildman–Crippen LogP) is 3.60. The number of benzene rings is 1. The van der Waals surface area contributed by atoms with Crippen molar-refractivity contribution in [2.45, 2.75) is 19.6 Å². The molecule has 0 radical (unpaired) electrons. The summed E-state index contributed by atoms with van der Waals surface area (Å²) in [6.07, 6.45) is -0.940. The first kappa shape index (κ1) is 18.8. The summed E-state index contributed by atoms with van der Waals surface area (Å²) in [4.78, 5) is 7.38. The van der Waals surface area contributed by atoms with Gasteiger partial charge in [-0.25, -0.2) is 14.4 Å². The highest BCUT2D eigenvalue weighted by atomic mass is 19.4. The van der Waals surface area contributed by atoms with Crippen LogP contribution in [0.1, 0.15) is 17.0 Å². The summed E-state index contributed by atoms with van der Waals surface area (Å²) < 4.78 is 55.6. The van der Waals surface area contributed by atoms with E-state index >= 15 is 0 Å². The third kappa shape index (κ3) is 3.50. The molecule has 3 aromatic heterocycles. The van der Waals surface area contributed by atoms with Gasteiger partial charge >= 0.3 is 6.18 Å². The van der Waals surface area contributed by atoms with Crippen LogP contribution in [0.5, 0.6) is 0 Å². The Kier molecular flexibility index (Phi) is 4.44. The molecule has 0 saturated heterocycles. The molecule has 0 amide bonds. The molecular formula is C18H15F4N7. The number of anilines is 1. The van der Waals surface area contributed by atoms with Crippen LogP contribution in [0.25, 0.3) is 17.0 Å². The summed E-state index contributed by atoms with van der Waals surface area (Å²) in [5.41, 5.74) is 1.89. The maximum absolute atomic E-state index is 14.3. The molecule has 0 bridgehead atoms. The van der Waals surface area contributed by atoms with Crippen LogP contribution in [0.3, 0.4) is 0 Å². The minimum Gasteiger partial charge on any atom is -0.378 e. The van der Waals surface area contributed by atoms with Gasteiger partial charge in [0.15, 0.2) is 5.69 Å². The van der Waals surface area contributed by atoms with Crippen LogP contribution < -0.4 is 5.32 Å². The Hall–Kier alpha value is -3.50. The van der Waals surface area contributed by atoms with E-state index in [1.54, 1.807) is 16.9 Å². The van der Waals surface area contributed by atoms with E-state index < -0.39 is 17.7 Å². The van der Waals surface area contributed by atoms with Crippen molar-refractivity contribution in [3.63, 3.8) is 0 Å². The number of hydrogen-bond acceptors (Lipinski definition) is 5. The molecule has 4 rings (SSSR count). The standard InChI is InChI=1S/C18H15F4N7/c1-10-12(7-25-28(10)2)6-23-14-5-11(3-4-13(14)19)15-8-24-17-27-16(18(20,21)22)9-26-29(15)17/h3-5,7-9,23H,6H2,1-2H3. The van der Waals surface area contributed by atoms with E-state index in [-0.39, 0.29) is 11.5 Å². The average molecular weight is 405 g/mol. The number of nitrogens with one attached hydrogen (secondary N) is 1. The van der Waals surface area contributed by atoms with Crippen molar-refractivity contribution in [3.8, 4) is 11.3 Å². The van der Waals surface area contributed by atoms with Gasteiger partial charge in [0.2, 0.25) is 0 Å². The molecule has 0 aliphatic carbocycles. The fraction of sp³-hybridized carbons (Fsp3) is 0.222. The van der Waals surface area contributed by atoms with Crippen LogP contribution in [0.2, 0.25) is 0 Å². The number of nitrogens with zero attached hydrogens (tertiary/aromatic N) is 6. The quantitative estimate of drug-likeness (QED) is 0.525. The van der Waals surface area contributed by atoms with E-state index in [1.165, 1.54) is 22.8 Å². The number of aryl methyl sites for hydroxylation is 1. The van der Waals surface area contributed by atoms with Gasteiger partial charge in [0.1, 0.15) is 5.82 Å². The zero-order chi connectivity index (χ0) is 20.8. The highest BCUT2D eigenvalue weighted by molar-refractivity contribution is 5.67. The molecule has 7 nitrogen and oxygen atoms in total. The van der Waals surface area contributed by atoms with Crippen molar-refractivity contribution in [2.24, 2.45) is 7.05 Å². The van der Waals surface area contributed by atoms with E-state index in [0.717, 1.165) is 11.3 Å². The van der Waals surface area contributed by atoms with Gasteiger partial charge in [0.05, 0.1) is 30.0 Å². The molecule has 29 heavy (non-hydrogen) atoms. The lowest BCUT2D eigenvalue weighted by Crippen LogP contribution is -2.11. The summed E-state index contributed by atoms with van der Waals surface area (Å²) in [6.45, 7) is 2.27. The van der Waals surface area contributed by atoms with Crippen LogP contribution >= 0.6 is 0 Å². The fourth-order valence-electron chi connectivity index (χ4n) is 2.84. The van der Waals surface area contributed by atoms with Gasteiger partial charge in [-0.3, -0.25) is 4.68 Å². The first-order chi connectivity index (χ1) is 13.7. The minimum absolute atomic E-state index is 0.195. The van der Waals surface area contributed by atoms with Gasteiger partial charge < -0.3 is 5.32 Å². The molecule has 0 aliphatic rings. The highest BCUT2D eigenvalue weighted by Gasteiger charge is 2.33. The van der Waals surface area contributed by atoms with Crippen LogP contribution in [-0.4, -0.2) is 29.4 Å². The second-order valence-electron chi connectivity index (χ2n) is 6.42. The lowest BCUT2D eigenvalue weighted by Gasteiger charge is -2.10. The molecule has 4 aromatic rings. The molecule has 11 heteroatoms. The van der Waals surface area contributed by atoms with E-state index in [4.69, 9.17) is 0 Å². The molecule has 1 aromatic carbocycles. The van der Waals surface area contributed by atoms with Gasteiger partial charge in [-0.2, -0.15) is 27.9 Å². The topological polar surface area (TPSA) is 72.9 Å². The maximum Gasteiger partial charge on any atom is 0.435 e. The number of fused-ring (bicyclic) bond motifs is 1. The van der Waals surface area contributed by atoms with Crippen LogP contribution in [-0.2, 0) is 19.8 Å². The highest BCUT2D eigenvalue weighted by Crippen LogP contribution is 2.29. The summed E-state index contributed by atoms with van der Waals surface area (Å²) >= 11 is 0. The Labute approximate surface area is 162 Å². The average Bonchev–Trinajstić information content (AvgIpc) is 3.24. The lowest BCUT2D eigenvalue weighted by atomic mass is 10.1. The number of imidazole rings is 1. The van der Waals surface area contributed by atoms with Crippen molar-refractivity contribution in [3.05, 3.63) is 59.6 Å². The number of aromatic nitrogens is 6. The molecule has 150 valence electrons. The third-order valence-electron chi connectivity index (χ3n) is 4.59. The fourth-order valence-corrected chi connectivity index (χ4v) is 2.84. The van der Waals surface area contributed by atoms with Gasteiger partial charge in [-0.05, 0) is 25.1 Å². The van der Waals surface area contributed by atoms with Crippen molar-refractivity contribution in [1.29, 1.82) is 0 Å². The number of halogens is 4. The smallest absolute Gasteiger partial charge is 0.378 e.